The number of halogens is 1. The molecular formula is C12H12ClN3. The van der Waals surface area contributed by atoms with Crippen LogP contribution in [0.2, 0.25) is 5.02 Å². The molecule has 0 aliphatic carbocycles. The molecule has 3 rings (SSSR count). The van der Waals surface area contributed by atoms with Crippen LogP contribution in [-0.4, -0.2) is 23.9 Å². The van der Waals surface area contributed by atoms with Gasteiger partial charge in [-0.1, -0.05) is 17.7 Å². The highest BCUT2D eigenvalue weighted by molar-refractivity contribution is 6.31. The molecule has 0 amide bonds. The van der Waals surface area contributed by atoms with Crippen LogP contribution in [0.15, 0.2) is 23.2 Å². The van der Waals surface area contributed by atoms with Crippen LogP contribution in [0, 0.1) is 6.92 Å². The van der Waals surface area contributed by atoms with Crippen molar-refractivity contribution in [1.82, 2.24) is 10.3 Å². The molecule has 0 saturated heterocycles. The molecule has 3 nitrogen and oxygen atoms in total. The molecule has 0 radical (unpaired) electrons. The summed E-state index contributed by atoms with van der Waals surface area (Å²) in [6.07, 6.45) is 0. The Kier molecular flexibility index (Phi) is 2.14. The number of nitrogens with one attached hydrogen (secondary N) is 2. The molecule has 0 unspecified atom stereocenters. The number of hydrogen-bond acceptors (Lipinski definition) is 2. The number of H-pyrrole nitrogens is 1. The molecule has 1 aliphatic rings. The van der Waals surface area contributed by atoms with Gasteiger partial charge in [-0.15, -0.1) is 0 Å². The highest BCUT2D eigenvalue weighted by atomic mass is 35.5. The van der Waals surface area contributed by atoms with Crippen LogP contribution in [0.4, 0.5) is 0 Å². The highest BCUT2D eigenvalue weighted by Gasteiger charge is 2.16. The van der Waals surface area contributed by atoms with Crippen molar-refractivity contribution in [2.24, 2.45) is 4.99 Å². The zero-order valence-electron chi connectivity index (χ0n) is 8.97. The van der Waals surface area contributed by atoms with E-state index in [0.717, 1.165) is 35.2 Å². The zero-order valence-corrected chi connectivity index (χ0v) is 9.73. The predicted octanol–water partition coefficient (Wildman–Crippen LogP) is 2.48. The molecule has 1 aromatic heterocycles. The van der Waals surface area contributed by atoms with E-state index in [-0.39, 0.29) is 0 Å². The first-order valence-corrected chi connectivity index (χ1v) is 5.70. The smallest absolute Gasteiger partial charge is 0.130 e. The Bertz CT molecular complexity index is 583. The number of nitrogens with zero attached hydrogens (tertiary/aromatic N) is 1. The maximum atomic E-state index is 5.97. The van der Waals surface area contributed by atoms with Crippen molar-refractivity contribution in [3.8, 4) is 0 Å². The van der Waals surface area contributed by atoms with E-state index < -0.39 is 0 Å². The number of aryl methyl sites for hydroxylation is 1. The third-order valence-electron chi connectivity index (χ3n) is 2.86. The molecule has 2 N–H and O–H groups in total. The number of rotatable bonds is 1. The summed E-state index contributed by atoms with van der Waals surface area (Å²) >= 11 is 5.97. The van der Waals surface area contributed by atoms with Crippen LogP contribution >= 0.6 is 11.6 Å². The molecule has 1 aliphatic heterocycles. The monoisotopic (exact) mass is 233 g/mol. The summed E-state index contributed by atoms with van der Waals surface area (Å²) in [6, 6.07) is 5.90. The van der Waals surface area contributed by atoms with Crippen LogP contribution in [0.3, 0.4) is 0 Å². The third kappa shape index (κ3) is 1.39. The van der Waals surface area contributed by atoms with E-state index in [9.17, 15) is 0 Å². The minimum absolute atomic E-state index is 0.751. The van der Waals surface area contributed by atoms with Gasteiger partial charge in [0.1, 0.15) is 5.84 Å². The molecule has 0 spiro atoms. The van der Waals surface area contributed by atoms with Gasteiger partial charge in [0.2, 0.25) is 0 Å². The summed E-state index contributed by atoms with van der Waals surface area (Å²) in [5.74, 6) is 0.992. The molecule has 4 heteroatoms. The average Bonchev–Trinajstić information content (AvgIpc) is 2.83. The first-order chi connectivity index (χ1) is 7.75. The Morgan fingerprint density at radius 2 is 2.25 bits per heavy atom. The first-order valence-electron chi connectivity index (χ1n) is 5.32. The molecule has 2 heterocycles. The van der Waals surface area contributed by atoms with Crippen LogP contribution in [0.5, 0.6) is 0 Å². The third-order valence-corrected chi connectivity index (χ3v) is 3.09. The quantitative estimate of drug-likeness (QED) is 0.781. The minimum atomic E-state index is 0.751. The standard InChI is InChI=1S/C12H12ClN3/c1-7-11(12-14-4-5-15-12)9-3-2-8(13)6-10(9)16-7/h2-3,6,16H,4-5H2,1H3,(H,14,15). The Morgan fingerprint density at radius 3 is 3.00 bits per heavy atom. The second-order valence-electron chi connectivity index (χ2n) is 3.97. The van der Waals surface area contributed by atoms with Crippen molar-refractivity contribution in [3.63, 3.8) is 0 Å². The Balaban J connectivity index is 2.27. The van der Waals surface area contributed by atoms with Gasteiger partial charge in [0.25, 0.3) is 0 Å². The number of fused-ring (bicyclic) bond motifs is 1. The van der Waals surface area contributed by atoms with E-state index >= 15 is 0 Å². The SMILES string of the molecule is Cc1[nH]c2cc(Cl)ccc2c1C1=NCCN1. The van der Waals surface area contributed by atoms with E-state index in [1.807, 2.05) is 18.2 Å². The summed E-state index contributed by atoms with van der Waals surface area (Å²) in [6.45, 7) is 3.84. The van der Waals surface area contributed by atoms with Gasteiger partial charge in [-0.2, -0.15) is 0 Å². The predicted molar refractivity (Wildman–Crippen MR) is 67.5 cm³/mol. The number of aliphatic imine (C=N–C) groups is 1. The fourth-order valence-electron chi connectivity index (χ4n) is 2.17. The van der Waals surface area contributed by atoms with Crippen LogP contribution < -0.4 is 5.32 Å². The van der Waals surface area contributed by atoms with Gasteiger partial charge in [-0.3, -0.25) is 4.99 Å². The molecule has 0 saturated carbocycles. The Hall–Kier alpha value is -1.48. The lowest BCUT2D eigenvalue weighted by molar-refractivity contribution is 0.960. The van der Waals surface area contributed by atoms with Crippen molar-refractivity contribution < 1.29 is 0 Å². The zero-order chi connectivity index (χ0) is 11.1. The van der Waals surface area contributed by atoms with E-state index in [1.54, 1.807) is 0 Å². The van der Waals surface area contributed by atoms with Crippen LogP contribution in [0.1, 0.15) is 11.3 Å². The van der Waals surface area contributed by atoms with Gasteiger partial charge in [0.15, 0.2) is 0 Å². The second kappa shape index (κ2) is 3.52. The van der Waals surface area contributed by atoms with Crippen LogP contribution in [0.25, 0.3) is 10.9 Å². The Morgan fingerprint density at radius 1 is 1.38 bits per heavy atom. The van der Waals surface area contributed by atoms with E-state index in [4.69, 9.17) is 11.6 Å². The number of hydrogen-bond donors (Lipinski definition) is 2. The van der Waals surface area contributed by atoms with E-state index in [2.05, 4.69) is 22.2 Å². The number of aromatic amines is 1. The minimum Gasteiger partial charge on any atom is -0.368 e. The maximum Gasteiger partial charge on any atom is 0.130 e. The molecule has 0 bridgehead atoms. The van der Waals surface area contributed by atoms with Crippen molar-refractivity contribution in [2.45, 2.75) is 6.92 Å². The fraction of sp³-hybridized carbons (Fsp3) is 0.250. The van der Waals surface area contributed by atoms with Crippen LogP contribution in [-0.2, 0) is 0 Å². The first kappa shape index (κ1) is 9.73. The van der Waals surface area contributed by atoms with Gasteiger partial charge >= 0.3 is 0 Å². The molecular weight excluding hydrogens is 222 g/mol. The van der Waals surface area contributed by atoms with Gasteiger partial charge < -0.3 is 10.3 Å². The normalized spacial score (nSPS) is 15.2. The number of amidine groups is 1. The molecule has 0 fully saturated rings. The van der Waals surface area contributed by atoms with Crippen molar-refractivity contribution in [3.05, 3.63) is 34.5 Å². The summed E-state index contributed by atoms with van der Waals surface area (Å²) in [7, 11) is 0. The molecule has 2 aromatic rings. The summed E-state index contributed by atoms with van der Waals surface area (Å²) in [5, 5.41) is 5.23. The summed E-state index contributed by atoms with van der Waals surface area (Å²) in [4.78, 5) is 7.80. The van der Waals surface area contributed by atoms with Crippen molar-refractivity contribution in [2.75, 3.05) is 13.1 Å². The molecule has 0 atom stereocenters. The largest absolute Gasteiger partial charge is 0.368 e. The highest BCUT2D eigenvalue weighted by Crippen LogP contribution is 2.25. The summed E-state index contributed by atoms with van der Waals surface area (Å²) in [5.41, 5.74) is 3.37. The molecule has 16 heavy (non-hydrogen) atoms. The van der Waals surface area contributed by atoms with E-state index in [0.29, 0.717) is 0 Å². The van der Waals surface area contributed by atoms with Crippen molar-refractivity contribution >= 4 is 28.3 Å². The van der Waals surface area contributed by atoms with E-state index in [1.165, 1.54) is 10.9 Å². The lowest BCUT2D eigenvalue weighted by atomic mass is 10.1. The number of aromatic nitrogens is 1. The summed E-state index contributed by atoms with van der Waals surface area (Å²) < 4.78 is 0. The average molecular weight is 234 g/mol. The van der Waals surface area contributed by atoms with Gasteiger partial charge in [0.05, 0.1) is 6.54 Å². The Labute approximate surface area is 98.5 Å². The van der Waals surface area contributed by atoms with Gasteiger partial charge in [-0.25, -0.2) is 0 Å². The fourth-order valence-corrected chi connectivity index (χ4v) is 2.35. The lowest BCUT2D eigenvalue weighted by Crippen LogP contribution is -2.19. The number of benzene rings is 1. The molecule has 82 valence electrons. The molecule has 1 aromatic carbocycles. The lowest BCUT2D eigenvalue weighted by Gasteiger charge is -2.02. The van der Waals surface area contributed by atoms with Crippen molar-refractivity contribution in [1.29, 1.82) is 0 Å². The second-order valence-corrected chi connectivity index (χ2v) is 4.41. The van der Waals surface area contributed by atoms with Gasteiger partial charge in [0, 0.05) is 33.7 Å². The topological polar surface area (TPSA) is 40.2 Å². The van der Waals surface area contributed by atoms with Gasteiger partial charge in [-0.05, 0) is 19.1 Å². The maximum absolute atomic E-state index is 5.97.